The Morgan fingerprint density at radius 3 is 2.42 bits per heavy atom. The predicted octanol–water partition coefficient (Wildman–Crippen LogP) is 3.41. The number of carbonyl (C=O) groups is 2. The van der Waals surface area contributed by atoms with Gasteiger partial charge in [-0.05, 0) is 43.2 Å². The van der Waals surface area contributed by atoms with Crippen molar-refractivity contribution in [2.24, 2.45) is 0 Å². The van der Waals surface area contributed by atoms with Gasteiger partial charge in [-0.15, -0.1) is 11.8 Å². The van der Waals surface area contributed by atoms with Crippen LogP contribution in [0.5, 0.6) is 5.75 Å². The summed E-state index contributed by atoms with van der Waals surface area (Å²) in [5.74, 6) is 1.50. The first-order valence-corrected chi connectivity index (χ1v) is 11.8. The van der Waals surface area contributed by atoms with Crippen molar-refractivity contribution >= 4 is 29.3 Å². The summed E-state index contributed by atoms with van der Waals surface area (Å²) < 4.78 is 5.22. The number of ether oxygens (including phenoxy) is 1. The summed E-state index contributed by atoms with van der Waals surface area (Å²) in [5, 5.41) is 2.87. The number of nitrogens with zero attached hydrogens (tertiary/aromatic N) is 2. The van der Waals surface area contributed by atoms with Crippen molar-refractivity contribution in [3.63, 3.8) is 0 Å². The van der Waals surface area contributed by atoms with Gasteiger partial charge in [-0.25, -0.2) is 0 Å². The number of amides is 2. The molecule has 0 aromatic heterocycles. The van der Waals surface area contributed by atoms with E-state index in [1.807, 2.05) is 48.2 Å². The molecule has 6 nitrogen and oxygen atoms in total. The van der Waals surface area contributed by atoms with Gasteiger partial charge >= 0.3 is 0 Å². The highest BCUT2D eigenvalue weighted by Crippen LogP contribution is 2.15. The number of rotatable bonds is 8. The van der Waals surface area contributed by atoms with E-state index in [2.05, 4.69) is 22.3 Å². The van der Waals surface area contributed by atoms with Gasteiger partial charge in [0, 0.05) is 38.4 Å². The predicted molar refractivity (Wildman–Crippen MR) is 127 cm³/mol. The second-order valence-electron chi connectivity index (χ2n) is 7.77. The topological polar surface area (TPSA) is 61.9 Å². The molecule has 3 rings (SSSR count). The lowest BCUT2D eigenvalue weighted by molar-refractivity contribution is -0.128. The van der Waals surface area contributed by atoms with E-state index >= 15 is 0 Å². The monoisotopic (exact) mass is 441 g/mol. The lowest BCUT2D eigenvalue weighted by Crippen LogP contribution is -2.36. The highest BCUT2D eigenvalue weighted by Gasteiger charge is 2.19. The molecule has 0 unspecified atom stereocenters. The molecule has 1 aliphatic heterocycles. The Hall–Kier alpha value is -2.51. The lowest BCUT2D eigenvalue weighted by atomic mass is 10.2. The van der Waals surface area contributed by atoms with Gasteiger partial charge in [0.15, 0.2) is 0 Å². The van der Waals surface area contributed by atoms with E-state index in [1.165, 1.54) is 17.3 Å². The molecular weight excluding hydrogens is 410 g/mol. The smallest absolute Gasteiger partial charge is 0.234 e. The number of thioether (sulfide) groups is 1. The number of carbonyl (C=O) groups excluding carboxylic acids is 2. The van der Waals surface area contributed by atoms with Crippen molar-refractivity contribution in [3.05, 3.63) is 59.7 Å². The van der Waals surface area contributed by atoms with Crippen molar-refractivity contribution in [1.82, 2.24) is 9.80 Å². The third kappa shape index (κ3) is 7.60. The molecule has 1 N–H and O–H groups in total. The molecule has 2 amide bonds. The number of aryl methyl sites for hydroxylation is 1. The van der Waals surface area contributed by atoms with E-state index < -0.39 is 0 Å². The molecular formula is C24H31N3O3S. The molecule has 7 heteroatoms. The molecule has 1 fully saturated rings. The van der Waals surface area contributed by atoms with E-state index in [0.29, 0.717) is 5.75 Å². The normalized spacial score (nSPS) is 14.7. The number of methoxy groups -OCH3 is 1. The van der Waals surface area contributed by atoms with E-state index in [-0.39, 0.29) is 17.6 Å². The number of nitrogens with one attached hydrogen (secondary N) is 1. The van der Waals surface area contributed by atoms with E-state index in [1.54, 1.807) is 7.11 Å². The fourth-order valence-electron chi connectivity index (χ4n) is 3.52. The van der Waals surface area contributed by atoms with Crippen molar-refractivity contribution in [2.75, 3.05) is 50.1 Å². The van der Waals surface area contributed by atoms with Crippen molar-refractivity contribution in [1.29, 1.82) is 0 Å². The van der Waals surface area contributed by atoms with Gasteiger partial charge in [0.25, 0.3) is 0 Å². The molecule has 1 heterocycles. The molecule has 0 radical (unpaired) electrons. The van der Waals surface area contributed by atoms with E-state index in [9.17, 15) is 9.59 Å². The zero-order chi connectivity index (χ0) is 22.1. The largest absolute Gasteiger partial charge is 0.497 e. The van der Waals surface area contributed by atoms with Gasteiger partial charge in [-0.2, -0.15) is 0 Å². The Morgan fingerprint density at radius 1 is 0.968 bits per heavy atom. The Morgan fingerprint density at radius 2 is 1.71 bits per heavy atom. The third-order valence-electron chi connectivity index (χ3n) is 5.30. The molecule has 1 saturated heterocycles. The van der Waals surface area contributed by atoms with Crippen LogP contribution in [0.25, 0.3) is 0 Å². The summed E-state index contributed by atoms with van der Waals surface area (Å²) in [6.07, 6.45) is 0.959. The van der Waals surface area contributed by atoms with Gasteiger partial charge in [-0.1, -0.05) is 29.8 Å². The summed E-state index contributed by atoms with van der Waals surface area (Å²) in [5.41, 5.74) is 3.18. The summed E-state index contributed by atoms with van der Waals surface area (Å²) >= 11 is 1.37. The average molecular weight is 442 g/mol. The average Bonchev–Trinajstić information content (AvgIpc) is 3.01. The molecule has 0 atom stereocenters. The van der Waals surface area contributed by atoms with Crippen LogP contribution < -0.4 is 10.1 Å². The number of hydrogen-bond donors (Lipinski definition) is 1. The van der Waals surface area contributed by atoms with Crippen LogP contribution in [0.2, 0.25) is 0 Å². The van der Waals surface area contributed by atoms with Crippen molar-refractivity contribution in [2.45, 2.75) is 19.9 Å². The number of anilines is 1. The van der Waals surface area contributed by atoms with Crippen LogP contribution in [0.4, 0.5) is 5.69 Å². The molecule has 1 aliphatic rings. The second-order valence-corrected chi connectivity index (χ2v) is 8.75. The Labute approximate surface area is 188 Å². The SMILES string of the molecule is COc1ccc(CN2CCCN(C(=O)CSCC(=O)Nc3ccc(C)cc3)CC2)cc1. The first-order valence-electron chi connectivity index (χ1n) is 10.6. The number of hydrogen-bond acceptors (Lipinski definition) is 5. The second kappa shape index (κ2) is 11.8. The van der Waals surface area contributed by atoms with Gasteiger partial charge in [0.2, 0.25) is 11.8 Å². The summed E-state index contributed by atoms with van der Waals surface area (Å²) in [6, 6.07) is 15.8. The standard InChI is InChI=1S/C24H31N3O3S/c1-19-4-8-21(9-5-19)25-23(28)17-31-18-24(29)27-13-3-12-26(14-15-27)16-20-6-10-22(30-2)11-7-20/h4-11H,3,12-18H2,1-2H3,(H,25,28). The van der Waals surface area contributed by atoms with Crippen molar-refractivity contribution < 1.29 is 14.3 Å². The fourth-order valence-corrected chi connectivity index (χ4v) is 4.24. The van der Waals surface area contributed by atoms with Crippen LogP contribution in [0.15, 0.2) is 48.5 Å². The zero-order valence-electron chi connectivity index (χ0n) is 18.3. The minimum Gasteiger partial charge on any atom is -0.497 e. The molecule has 31 heavy (non-hydrogen) atoms. The highest BCUT2D eigenvalue weighted by molar-refractivity contribution is 8.00. The minimum atomic E-state index is -0.0804. The number of benzene rings is 2. The van der Waals surface area contributed by atoms with Crippen LogP contribution in [0.1, 0.15) is 17.5 Å². The quantitative estimate of drug-likeness (QED) is 0.680. The first-order chi connectivity index (χ1) is 15.0. The maximum absolute atomic E-state index is 12.6. The maximum atomic E-state index is 12.6. The highest BCUT2D eigenvalue weighted by atomic mass is 32.2. The van der Waals surface area contributed by atoms with Gasteiger partial charge in [0.05, 0.1) is 18.6 Å². The molecule has 166 valence electrons. The summed E-state index contributed by atoms with van der Waals surface area (Å²) in [7, 11) is 1.67. The van der Waals surface area contributed by atoms with Crippen LogP contribution in [0.3, 0.4) is 0 Å². The van der Waals surface area contributed by atoms with E-state index in [0.717, 1.165) is 56.1 Å². The fraction of sp³-hybridized carbons (Fsp3) is 0.417. The zero-order valence-corrected chi connectivity index (χ0v) is 19.1. The van der Waals surface area contributed by atoms with Crippen molar-refractivity contribution in [3.8, 4) is 5.75 Å². The summed E-state index contributed by atoms with van der Waals surface area (Å²) in [6.45, 7) is 6.21. The molecule has 0 aliphatic carbocycles. The molecule has 2 aromatic carbocycles. The third-order valence-corrected chi connectivity index (χ3v) is 6.22. The Kier molecular flexibility index (Phi) is 8.79. The van der Waals surface area contributed by atoms with Crippen LogP contribution in [-0.4, -0.2) is 66.4 Å². The minimum absolute atomic E-state index is 0.0804. The molecule has 0 saturated carbocycles. The van der Waals surface area contributed by atoms with Crippen LogP contribution in [0, 0.1) is 6.92 Å². The molecule has 2 aromatic rings. The Bertz CT molecular complexity index is 855. The first kappa shape index (κ1) is 23.2. The van der Waals surface area contributed by atoms with Gasteiger partial charge < -0.3 is 15.0 Å². The molecule has 0 bridgehead atoms. The lowest BCUT2D eigenvalue weighted by Gasteiger charge is -2.22. The van der Waals surface area contributed by atoms with Gasteiger partial charge in [0.1, 0.15) is 5.75 Å². The molecule has 0 spiro atoms. The van der Waals surface area contributed by atoms with Gasteiger partial charge in [-0.3, -0.25) is 14.5 Å². The summed E-state index contributed by atoms with van der Waals surface area (Å²) in [4.78, 5) is 29.0. The Balaban J connectivity index is 1.37. The maximum Gasteiger partial charge on any atom is 0.234 e. The van der Waals surface area contributed by atoms with E-state index in [4.69, 9.17) is 4.74 Å². The van der Waals surface area contributed by atoms with Crippen LogP contribution >= 0.6 is 11.8 Å². The van der Waals surface area contributed by atoms with Crippen LogP contribution in [-0.2, 0) is 16.1 Å².